The highest BCUT2D eigenvalue weighted by Crippen LogP contribution is 2.39. The second-order valence-electron chi connectivity index (χ2n) is 3.17. The molecule has 0 spiro atoms. The maximum Gasteiger partial charge on any atom is 0.127 e. The molecule has 0 amide bonds. The first-order valence-corrected chi connectivity index (χ1v) is 5.24. The van der Waals surface area contributed by atoms with Gasteiger partial charge in [-0.05, 0) is 25.0 Å². The van der Waals surface area contributed by atoms with Gasteiger partial charge >= 0.3 is 0 Å². The molecule has 1 aromatic rings. The van der Waals surface area contributed by atoms with E-state index < -0.39 is 0 Å². The zero-order chi connectivity index (χ0) is 9.26. The molecule has 1 aliphatic heterocycles. The van der Waals surface area contributed by atoms with Crippen molar-refractivity contribution in [2.45, 2.75) is 23.0 Å². The molecule has 1 atom stereocenters. The molecule has 3 heteroatoms. The molecular weight excluding hydrogens is 187 g/mol. The van der Waals surface area contributed by atoms with Crippen molar-refractivity contribution in [1.29, 1.82) is 0 Å². The molecule has 0 fully saturated rings. The van der Waals surface area contributed by atoms with Gasteiger partial charge in [0.15, 0.2) is 0 Å². The molecule has 1 aromatic carbocycles. The van der Waals surface area contributed by atoms with Gasteiger partial charge in [-0.25, -0.2) is 4.39 Å². The van der Waals surface area contributed by atoms with Gasteiger partial charge in [0.25, 0.3) is 0 Å². The van der Waals surface area contributed by atoms with Gasteiger partial charge in [-0.3, -0.25) is 0 Å². The first kappa shape index (κ1) is 9.03. The third kappa shape index (κ3) is 1.71. The van der Waals surface area contributed by atoms with Gasteiger partial charge in [-0.15, -0.1) is 11.8 Å². The minimum atomic E-state index is -0.106. The molecule has 13 heavy (non-hydrogen) atoms. The van der Waals surface area contributed by atoms with E-state index in [2.05, 4.69) is 0 Å². The number of rotatable bonds is 2. The van der Waals surface area contributed by atoms with Crippen LogP contribution in [0.15, 0.2) is 23.1 Å². The molecule has 0 saturated heterocycles. The average Bonchev–Trinajstić information content (AvgIpc) is 2.49. The Labute approximate surface area is 81.0 Å². The monoisotopic (exact) mass is 198 g/mol. The van der Waals surface area contributed by atoms with Crippen molar-refractivity contribution in [3.63, 3.8) is 0 Å². The van der Waals surface area contributed by atoms with Gasteiger partial charge in [0.1, 0.15) is 5.82 Å². The van der Waals surface area contributed by atoms with E-state index in [9.17, 15) is 4.39 Å². The summed E-state index contributed by atoms with van der Waals surface area (Å²) in [6, 6.07) is 5.18. The minimum absolute atomic E-state index is 0.106. The molecule has 0 radical (unpaired) electrons. The molecule has 0 aliphatic carbocycles. The number of hydrogen-bond acceptors (Lipinski definition) is 2. The molecule has 1 heterocycles. The minimum Gasteiger partial charge on any atom is -0.396 e. The van der Waals surface area contributed by atoms with E-state index in [1.54, 1.807) is 17.8 Å². The van der Waals surface area contributed by atoms with E-state index in [0.29, 0.717) is 5.25 Å². The van der Waals surface area contributed by atoms with Crippen LogP contribution in [0.1, 0.15) is 12.0 Å². The predicted molar refractivity (Wildman–Crippen MR) is 51.5 cm³/mol. The largest absolute Gasteiger partial charge is 0.396 e. The summed E-state index contributed by atoms with van der Waals surface area (Å²) in [5.74, 6) is -0.106. The van der Waals surface area contributed by atoms with Crippen molar-refractivity contribution in [1.82, 2.24) is 0 Å². The number of aliphatic hydroxyl groups excluding tert-OH is 1. The Balaban J connectivity index is 2.20. The number of benzene rings is 1. The van der Waals surface area contributed by atoms with Crippen molar-refractivity contribution in [3.8, 4) is 0 Å². The van der Waals surface area contributed by atoms with Crippen LogP contribution in [-0.4, -0.2) is 17.0 Å². The Morgan fingerprint density at radius 1 is 1.54 bits per heavy atom. The number of hydrogen-bond donors (Lipinski definition) is 1. The Morgan fingerprint density at radius 3 is 3.08 bits per heavy atom. The number of aliphatic hydroxyl groups is 1. The normalized spacial score (nSPS) is 20.3. The summed E-state index contributed by atoms with van der Waals surface area (Å²) in [6.45, 7) is 0.188. The van der Waals surface area contributed by atoms with Crippen LogP contribution in [-0.2, 0) is 6.42 Å². The third-order valence-electron chi connectivity index (χ3n) is 2.25. The highest BCUT2D eigenvalue weighted by Gasteiger charge is 2.23. The molecule has 1 nitrogen and oxygen atoms in total. The van der Waals surface area contributed by atoms with Crippen LogP contribution < -0.4 is 0 Å². The Kier molecular flexibility index (Phi) is 2.56. The van der Waals surface area contributed by atoms with Gasteiger partial charge in [0.2, 0.25) is 0 Å². The predicted octanol–water partition coefficient (Wildman–Crippen LogP) is 2.22. The SMILES string of the molecule is OCCC1Cc2c(F)cccc2S1. The fourth-order valence-electron chi connectivity index (χ4n) is 1.60. The van der Waals surface area contributed by atoms with Crippen molar-refractivity contribution in [3.05, 3.63) is 29.6 Å². The first-order chi connectivity index (χ1) is 6.31. The molecule has 0 saturated carbocycles. The lowest BCUT2D eigenvalue weighted by Crippen LogP contribution is -2.03. The summed E-state index contributed by atoms with van der Waals surface area (Å²) >= 11 is 1.67. The van der Waals surface area contributed by atoms with Crippen LogP contribution >= 0.6 is 11.8 Å². The maximum absolute atomic E-state index is 13.2. The van der Waals surface area contributed by atoms with E-state index in [1.807, 2.05) is 6.07 Å². The summed E-state index contributed by atoms with van der Waals surface area (Å²) in [7, 11) is 0. The fraction of sp³-hybridized carbons (Fsp3) is 0.400. The van der Waals surface area contributed by atoms with Crippen LogP contribution in [0.4, 0.5) is 4.39 Å². The molecule has 0 aromatic heterocycles. The van der Waals surface area contributed by atoms with Crippen molar-refractivity contribution in [2.75, 3.05) is 6.61 Å². The Morgan fingerprint density at radius 2 is 2.38 bits per heavy atom. The molecule has 1 N–H and O–H groups in total. The number of halogens is 1. The Hall–Kier alpha value is -0.540. The smallest absolute Gasteiger partial charge is 0.127 e. The lowest BCUT2D eigenvalue weighted by atomic mass is 10.1. The lowest BCUT2D eigenvalue weighted by Gasteiger charge is -2.03. The number of fused-ring (bicyclic) bond motifs is 1. The van der Waals surface area contributed by atoms with E-state index in [0.717, 1.165) is 23.3 Å². The second-order valence-corrected chi connectivity index (χ2v) is 4.51. The summed E-state index contributed by atoms with van der Waals surface area (Å²) in [5, 5.41) is 9.13. The quantitative estimate of drug-likeness (QED) is 0.786. The summed E-state index contributed by atoms with van der Waals surface area (Å²) in [4.78, 5) is 1.04. The molecule has 70 valence electrons. The molecular formula is C10H11FOS. The summed E-state index contributed by atoms with van der Waals surface area (Å²) < 4.78 is 13.2. The molecule has 0 bridgehead atoms. The van der Waals surface area contributed by atoms with Crippen molar-refractivity contribution < 1.29 is 9.50 Å². The van der Waals surface area contributed by atoms with Gasteiger partial charge < -0.3 is 5.11 Å². The van der Waals surface area contributed by atoms with E-state index in [4.69, 9.17) is 5.11 Å². The van der Waals surface area contributed by atoms with Crippen LogP contribution in [0.25, 0.3) is 0 Å². The maximum atomic E-state index is 13.2. The van der Waals surface area contributed by atoms with E-state index >= 15 is 0 Å². The van der Waals surface area contributed by atoms with E-state index in [1.165, 1.54) is 6.07 Å². The summed E-state index contributed by atoms with van der Waals surface area (Å²) in [5.41, 5.74) is 0.825. The van der Waals surface area contributed by atoms with Gasteiger partial charge in [0.05, 0.1) is 0 Å². The summed E-state index contributed by atoms with van der Waals surface area (Å²) in [6.07, 6.45) is 1.51. The second kappa shape index (κ2) is 3.68. The zero-order valence-corrected chi connectivity index (χ0v) is 7.98. The van der Waals surface area contributed by atoms with Crippen molar-refractivity contribution >= 4 is 11.8 Å². The lowest BCUT2D eigenvalue weighted by molar-refractivity contribution is 0.287. The molecule has 1 aliphatic rings. The van der Waals surface area contributed by atoms with Crippen molar-refractivity contribution in [2.24, 2.45) is 0 Å². The highest BCUT2D eigenvalue weighted by molar-refractivity contribution is 8.00. The van der Waals surface area contributed by atoms with E-state index in [-0.39, 0.29) is 12.4 Å². The Bertz CT molecular complexity index is 314. The average molecular weight is 198 g/mol. The van der Waals surface area contributed by atoms with Gasteiger partial charge in [0, 0.05) is 22.3 Å². The molecule has 1 unspecified atom stereocenters. The van der Waals surface area contributed by atoms with Crippen LogP contribution in [0.5, 0.6) is 0 Å². The number of thioether (sulfide) groups is 1. The fourth-order valence-corrected chi connectivity index (χ4v) is 2.91. The standard InChI is InChI=1S/C10H11FOS/c11-9-2-1-3-10-8(9)6-7(13-10)4-5-12/h1-3,7,12H,4-6H2. The highest BCUT2D eigenvalue weighted by atomic mass is 32.2. The van der Waals surface area contributed by atoms with Crippen LogP contribution in [0.2, 0.25) is 0 Å². The van der Waals surface area contributed by atoms with Gasteiger partial charge in [-0.2, -0.15) is 0 Å². The van der Waals surface area contributed by atoms with Crippen LogP contribution in [0.3, 0.4) is 0 Å². The topological polar surface area (TPSA) is 20.2 Å². The van der Waals surface area contributed by atoms with Gasteiger partial charge in [-0.1, -0.05) is 6.07 Å². The third-order valence-corrected chi connectivity index (χ3v) is 3.62. The molecule has 2 rings (SSSR count). The first-order valence-electron chi connectivity index (χ1n) is 4.36. The van der Waals surface area contributed by atoms with Crippen LogP contribution in [0, 0.1) is 5.82 Å². The zero-order valence-electron chi connectivity index (χ0n) is 7.16.